The normalized spacial score (nSPS) is 10.6. The van der Waals surface area contributed by atoms with Crippen LogP contribution >= 0.6 is 0 Å². The smallest absolute Gasteiger partial charge is 0.276 e. The highest BCUT2D eigenvalue weighted by molar-refractivity contribution is 5.85. The maximum Gasteiger partial charge on any atom is 0.276 e. The summed E-state index contributed by atoms with van der Waals surface area (Å²) >= 11 is 0. The number of hydrogen-bond donors (Lipinski definition) is 3. The van der Waals surface area contributed by atoms with Crippen LogP contribution in [0.1, 0.15) is 23.1 Å². The molecule has 3 rings (SSSR count). The SMILES string of the molecule is Cc1ccc(C)c(OCC(=O)NNC(=O)CCc2c[nH]c3ccccc23)c1. The number of para-hydroxylation sites is 1. The Balaban J connectivity index is 1.42. The number of H-pyrrole nitrogens is 1. The van der Waals surface area contributed by atoms with Crippen molar-refractivity contribution < 1.29 is 14.3 Å². The van der Waals surface area contributed by atoms with E-state index in [1.165, 1.54) is 0 Å². The van der Waals surface area contributed by atoms with Gasteiger partial charge in [0.15, 0.2) is 6.61 Å². The van der Waals surface area contributed by atoms with Gasteiger partial charge in [-0.2, -0.15) is 0 Å². The molecule has 0 radical (unpaired) electrons. The number of rotatable bonds is 6. The van der Waals surface area contributed by atoms with Gasteiger partial charge in [-0.3, -0.25) is 20.4 Å². The predicted molar refractivity (Wildman–Crippen MR) is 104 cm³/mol. The number of aromatic amines is 1. The summed E-state index contributed by atoms with van der Waals surface area (Å²) in [6, 6.07) is 13.7. The molecule has 6 heteroatoms. The minimum absolute atomic E-state index is 0.160. The average molecular weight is 365 g/mol. The molecule has 0 spiro atoms. The number of hydrogen-bond acceptors (Lipinski definition) is 3. The van der Waals surface area contributed by atoms with Gasteiger partial charge in [0.1, 0.15) is 5.75 Å². The van der Waals surface area contributed by atoms with Crippen LogP contribution in [0.15, 0.2) is 48.7 Å². The molecule has 27 heavy (non-hydrogen) atoms. The van der Waals surface area contributed by atoms with Crippen molar-refractivity contribution in [2.75, 3.05) is 6.61 Å². The minimum atomic E-state index is -0.406. The first-order valence-corrected chi connectivity index (χ1v) is 8.85. The zero-order valence-corrected chi connectivity index (χ0v) is 15.5. The Labute approximate surface area is 157 Å². The van der Waals surface area contributed by atoms with E-state index < -0.39 is 5.91 Å². The van der Waals surface area contributed by atoms with E-state index in [1.807, 2.05) is 62.5 Å². The van der Waals surface area contributed by atoms with E-state index in [0.29, 0.717) is 12.2 Å². The van der Waals surface area contributed by atoms with Gasteiger partial charge in [-0.25, -0.2) is 0 Å². The molecular formula is C21H23N3O3. The van der Waals surface area contributed by atoms with E-state index in [9.17, 15) is 9.59 Å². The van der Waals surface area contributed by atoms with Gasteiger partial charge in [-0.15, -0.1) is 0 Å². The van der Waals surface area contributed by atoms with E-state index in [0.717, 1.165) is 27.6 Å². The highest BCUT2D eigenvalue weighted by atomic mass is 16.5. The number of ether oxygens (including phenoxy) is 1. The second kappa shape index (κ2) is 8.40. The van der Waals surface area contributed by atoms with Crippen LogP contribution in [0, 0.1) is 13.8 Å². The first kappa shape index (κ1) is 18.5. The summed E-state index contributed by atoms with van der Waals surface area (Å²) in [5.41, 5.74) is 8.94. The fourth-order valence-electron chi connectivity index (χ4n) is 2.83. The fraction of sp³-hybridized carbons (Fsp3) is 0.238. The summed E-state index contributed by atoms with van der Waals surface area (Å²) in [4.78, 5) is 27.0. The maximum absolute atomic E-state index is 12.0. The van der Waals surface area contributed by atoms with Crippen molar-refractivity contribution in [2.24, 2.45) is 0 Å². The van der Waals surface area contributed by atoms with Crippen molar-refractivity contribution in [2.45, 2.75) is 26.7 Å². The maximum atomic E-state index is 12.0. The van der Waals surface area contributed by atoms with Crippen molar-refractivity contribution in [3.63, 3.8) is 0 Å². The molecule has 3 aromatic rings. The van der Waals surface area contributed by atoms with Gasteiger partial charge in [0.05, 0.1) is 0 Å². The molecule has 0 unspecified atom stereocenters. The third-order valence-electron chi connectivity index (χ3n) is 4.34. The Bertz CT molecular complexity index is 962. The van der Waals surface area contributed by atoms with E-state index in [2.05, 4.69) is 15.8 Å². The third-order valence-corrected chi connectivity index (χ3v) is 4.34. The van der Waals surface area contributed by atoms with Crippen LogP contribution in [-0.4, -0.2) is 23.4 Å². The van der Waals surface area contributed by atoms with Crippen molar-refractivity contribution in [3.05, 3.63) is 65.4 Å². The number of fused-ring (bicyclic) bond motifs is 1. The molecule has 6 nitrogen and oxygen atoms in total. The zero-order valence-electron chi connectivity index (χ0n) is 15.5. The van der Waals surface area contributed by atoms with Gasteiger partial charge in [0.2, 0.25) is 5.91 Å². The summed E-state index contributed by atoms with van der Waals surface area (Å²) in [5, 5.41) is 1.11. The average Bonchev–Trinajstić information content (AvgIpc) is 3.08. The Hall–Kier alpha value is -3.28. The second-order valence-electron chi connectivity index (χ2n) is 6.51. The van der Waals surface area contributed by atoms with Crippen molar-refractivity contribution in [1.29, 1.82) is 0 Å². The van der Waals surface area contributed by atoms with Crippen molar-refractivity contribution >= 4 is 22.7 Å². The first-order chi connectivity index (χ1) is 13.0. The minimum Gasteiger partial charge on any atom is -0.483 e. The Kier molecular flexibility index (Phi) is 5.76. The van der Waals surface area contributed by atoms with Crippen LogP contribution in [0.25, 0.3) is 10.9 Å². The summed E-state index contributed by atoms with van der Waals surface area (Å²) in [6.07, 6.45) is 2.78. The van der Waals surface area contributed by atoms with Crippen LogP contribution in [-0.2, 0) is 16.0 Å². The van der Waals surface area contributed by atoms with Crippen molar-refractivity contribution in [1.82, 2.24) is 15.8 Å². The molecule has 0 saturated carbocycles. The summed E-state index contributed by atoms with van der Waals surface area (Å²) in [6.45, 7) is 3.71. The number of aromatic nitrogens is 1. The van der Waals surface area contributed by atoms with E-state index >= 15 is 0 Å². The topological polar surface area (TPSA) is 83.2 Å². The number of carbonyl (C=O) groups excluding carboxylic acids is 2. The number of carbonyl (C=O) groups is 2. The largest absolute Gasteiger partial charge is 0.483 e. The monoisotopic (exact) mass is 365 g/mol. The van der Waals surface area contributed by atoms with Gasteiger partial charge < -0.3 is 9.72 Å². The molecule has 0 atom stereocenters. The van der Waals surface area contributed by atoms with Crippen LogP contribution in [0.4, 0.5) is 0 Å². The lowest BCUT2D eigenvalue weighted by molar-refractivity contribution is -0.130. The summed E-state index contributed by atoms with van der Waals surface area (Å²) in [7, 11) is 0. The van der Waals surface area contributed by atoms with Crippen LogP contribution in [0.5, 0.6) is 5.75 Å². The molecule has 0 saturated heterocycles. The molecule has 0 aliphatic carbocycles. The molecule has 0 bridgehead atoms. The number of amides is 2. The Morgan fingerprint density at radius 1 is 1.04 bits per heavy atom. The lowest BCUT2D eigenvalue weighted by atomic mass is 10.1. The van der Waals surface area contributed by atoms with E-state index in [4.69, 9.17) is 4.74 Å². The van der Waals surface area contributed by atoms with Crippen LogP contribution in [0.2, 0.25) is 0 Å². The lowest BCUT2D eigenvalue weighted by Gasteiger charge is -2.11. The molecule has 140 valence electrons. The Morgan fingerprint density at radius 3 is 2.67 bits per heavy atom. The van der Waals surface area contributed by atoms with Gasteiger partial charge >= 0.3 is 0 Å². The lowest BCUT2D eigenvalue weighted by Crippen LogP contribution is -2.43. The van der Waals surface area contributed by atoms with Crippen molar-refractivity contribution in [3.8, 4) is 5.75 Å². The number of hydrazine groups is 1. The van der Waals surface area contributed by atoms with Crippen LogP contribution in [0.3, 0.4) is 0 Å². The molecule has 3 N–H and O–H groups in total. The fourth-order valence-corrected chi connectivity index (χ4v) is 2.83. The molecule has 2 amide bonds. The highest BCUT2D eigenvalue weighted by Gasteiger charge is 2.09. The quantitative estimate of drug-likeness (QED) is 0.587. The molecule has 1 aromatic heterocycles. The predicted octanol–water partition coefficient (Wildman–Crippen LogP) is 2.94. The van der Waals surface area contributed by atoms with E-state index in [-0.39, 0.29) is 18.9 Å². The highest BCUT2D eigenvalue weighted by Crippen LogP contribution is 2.19. The number of aryl methyl sites for hydroxylation is 3. The summed E-state index contributed by atoms with van der Waals surface area (Å²) < 4.78 is 5.51. The molecule has 0 aliphatic rings. The second-order valence-corrected chi connectivity index (χ2v) is 6.51. The van der Waals surface area contributed by atoms with Gasteiger partial charge in [-0.1, -0.05) is 30.3 Å². The van der Waals surface area contributed by atoms with Gasteiger partial charge in [0.25, 0.3) is 5.91 Å². The standard InChI is InChI=1S/C21H23N3O3/c1-14-7-8-15(2)19(11-14)27-13-21(26)24-23-20(25)10-9-16-12-22-18-6-4-3-5-17(16)18/h3-8,11-12,22H,9-10,13H2,1-2H3,(H,23,25)(H,24,26). The molecule has 1 heterocycles. The Morgan fingerprint density at radius 2 is 1.81 bits per heavy atom. The molecule has 2 aromatic carbocycles. The molecule has 0 fully saturated rings. The number of benzene rings is 2. The first-order valence-electron chi connectivity index (χ1n) is 8.85. The number of nitrogens with one attached hydrogen (secondary N) is 3. The van der Waals surface area contributed by atoms with E-state index in [1.54, 1.807) is 0 Å². The third kappa shape index (κ3) is 4.88. The van der Waals surface area contributed by atoms with Gasteiger partial charge in [0, 0.05) is 23.5 Å². The molecule has 0 aliphatic heterocycles. The zero-order chi connectivity index (χ0) is 19.2. The summed E-state index contributed by atoms with van der Waals surface area (Å²) in [5.74, 6) is 0.00697. The van der Waals surface area contributed by atoms with Crippen LogP contribution < -0.4 is 15.6 Å². The molecular weight excluding hydrogens is 342 g/mol. The van der Waals surface area contributed by atoms with Gasteiger partial charge in [-0.05, 0) is 49.1 Å².